The zero-order valence-electron chi connectivity index (χ0n) is 1.82. The molecule has 0 amide bonds. The first-order chi connectivity index (χ1) is 1.00. The van der Waals surface area contributed by atoms with Crippen molar-refractivity contribution in [2.24, 2.45) is 0 Å². The van der Waals surface area contributed by atoms with E-state index in [0.29, 0.717) is 10.1 Å². The first kappa shape index (κ1) is 19.1. The van der Waals surface area contributed by atoms with E-state index in [4.69, 9.17) is 4.46 Å². The molecule has 0 N–H and O–H groups in total. The van der Waals surface area contributed by atoms with Crippen molar-refractivity contribution >= 4 is 27.5 Å². The fourth-order valence-electron chi connectivity index (χ4n) is 0. The fraction of sp³-hybridized carbons (Fsp3) is 0. The molecule has 0 unspecified atom stereocenters. The number of hydrogen-bond donors (Lipinski definition) is 0. The third-order valence-electron chi connectivity index (χ3n) is 0. The topological polar surface area (TPSA) is 17.1 Å². The van der Waals surface area contributed by atoms with E-state index in [2.05, 4.69) is 0 Å². The van der Waals surface area contributed by atoms with Crippen LogP contribution < -0.4 is 0 Å². The molecular formula is H5AlOSiZn. The Morgan fingerprint density at radius 3 is 1.25 bits per heavy atom. The van der Waals surface area contributed by atoms with Gasteiger partial charge in [0.2, 0.25) is 10.1 Å². The Balaban J connectivity index is -0.00000000500. The molecule has 4 heavy (non-hydrogen) atoms. The van der Waals surface area contributed by atoms with E-state index in [1.807, 2.05) is 0 Å². The monoisotopic (exact) mass is 140 g/mol. The van der Waals surface area contributed by atoms with Gasteiger partial charge >= 0.3 is 0 Å². The van der Waals surface area contributed by atoms with Crippen LogP contribution in [0.3, 0.4) is 0 Å². The maximum absolute atomic E-state index is 8.28. The van der Waals surface area contributed by atoms with Crippen LogP contribution in [-0.4, -0.2) is 27.5 Å². The van der Waals surface area contributed by atoms with E-state index in [0.717, 1.165) is 0 Å². The predicted octanol–water partition coefficient (Wildman–Crippen LogP) is -2.22. The average molecular weight is 141 g/mol. The van der Waals surface area contributed by atoms with Gasteiger partial charge in [0.25, 0.3) is 0 Å². The summed E-state index contributed by atoms with van der Waals surface area (Å²) in [7, 11) is 0.611. The molecule has 0 rings (SSSR count). The van der Waals surface area contributed by atoms with E-state index < -0.39 is 0 Å². The first-order valence-electron chi connectivity index (χ1n) is 0.289. The molecule has 0 atom stereocenters. The second-order valence-corrected chi connectivity index (χ2v) is 0. The van der Waals surface area contributed by atoms with Crippen LogP contribution in [-0.2, 0) is 23.9 Å². The molecule has 0 aliphatic rings. The molecule has 1 nitrogen and oxygen atoms in total. The number of hydrogen-bond acceptors (Lipinski definition) is 1. The van der Waals surface area contributed by atoms with Crippen LogP contribution in [0.15, 0.2) is 0 Å². The van der Waals surface area contributed by atoms with Gasteiger partial charge in [0, 0.05) is 19.5 Å². The van der Waals surface area contributed by atoms with E-state index in [-0.39, 0.29) is 36.8 Å². The molecule has 4 heteroatoms. The van der Waals surface area contributed by atoms with E-state index in [1.165, 1.54) is 0 Å². The second-order valence-electron chi connectivity index (χ2n) is 0. The summed E-state index contributed by atoms with van der Waals surface area (Å²) in [6.45, 7) is 0. The quantitative estimate of drug-likeness (QED) is 0.349. The van der Waals surface area contributed by atoms with Crippen LogP contribution in [0.25, 0.3) is 0 Å². The van der Waals surface area contributed by atoms with Gasteiger partial charge < -0.3 is 4.46 Å². The molecule has 0 radical (unpaired) electrons. The van der Waals surface area contributed by atoms with Gasteiger partial charge in [0.1, 0.15) is 0 Å². The maximum atomic E-state index is 8.28. The van der Waals surface area contributed by atoms with Crippen molar-refractivity contribution in [3.8, 4) is 0 Å². The minimum atomic E-state index is 0. The normalized spacial score (nSPS) is 1.00. The Morgan fingerprint density at radius 1 is 1.25 bits per heavy atom. The van der Waals surface area contributed by atoms with Crippen molar-refractivity contribution in [1.29, 1.82) is 0 Å². The molecule has 0 aromatic carbocycles. The molecule has 0 bridgehead atoms. The van der Waals surface area contributed by atoms with Gasteiger partial charge in [-0.3, -0.25) is 0 Å². The summed E-state index contributed by atoms with van der Waals surface area (Å²) >= 11 is 0. The van der Waals surface area contributed by atoms with Crippen molar-refractivity contribution < 1.29 is 23.9 Å². The molecule has 0 spiro atoms. The molecule has 0 saturated carbocycles. The Kier molecular flexibility index (Phi) is 146. The average Bonchev–Trinajstić information content (AvgIpc) is 1.00. The summed E-state index contributed by atoms with van der Waals surface area (Å²) in [4.78, 5) is 0. The van der Waals surface area contributed by atoms with Gasteiger partial charge in [-0.05, 0) is 0 Å². The molecule has 0 saturated heterocycles. The largest absolute Gasteiger partial charge is 0.396 e. The minimum absolute atomic E-state index is 0. The SMILES string of the molecule is O=[SiH2].[AlH3].[Zn]. The molecule has 0 aliphatic heterocycles. The Morgan fingerprint density at radius 2 is 1.25 bits per heavy atom. The van der Waals surface area contributed by atoms with Gasteiger partial charge in [-0.1, -0.05) is 0 Å². The van der Waals surface area contributed by atoms with E-state index >= 15 is 0 Å². The molecule has 0 fully saturated rings. The summed E-state index contributed by atoms with van der Waals surface area (Å²) in [5.41, 5.74) is 0. The summed E-state index contributed by atoms with van der Waals surface area (Å²) in [5.74, 6) is 0. The fourth-order valence-corrected chi connectivity index (χ4v) is 0. The van der Waals surface area contributed by atoms with Crippen molar-refractivity contribution in [3.05, 3.63) is 0 Å². The van der Waals surface area contributed by atoms with E-state index in [9.17, 15) is 0 Å². The number of rotatable bonds is 0. The summed E-state index contributed by atoms with van der Waals surface area (Å²) in [6.07, 6.45) is 0. The molecule has 20 valence electrons. The summed E-state index contributed by atoms with van der Waals surface area (Å²) in [6, 6.07) is 0. The van der Waals surface area contributed by atoms with Crippen molar-refractivity contribution in [2.45, 2.75) is 0 Å². The first-order valence-corrected chi connectivity index (χ1v) is 0.866. The molecule has 0 aromatic heterocycles. The zero-order valence-corrected chi connectivity index (χ0v) is 6.20. The van der Waals surface area contributed by atoms with Crippen molar-refractivity contribution in [1.82, 2.24) is 0 Å². The van der Waals surface area contributed by atoms with Gasteiger partial charge in [0.15, 0.2) is 17.4 Å². The Hall–Kier alpha value is 1.17. The summed E-state index contributed by atoms with van der Waals surface area (Å²) in [5, 5.41) is 0. The van der Waals surface area contributed by atoms with E-state index in [1.54, 1.807) is 0 Å². The van der Waals surface area contributed by atoms with Crippen LogP contribution in [0.2, 0.25) is 0 Å². The Labute approximate surface area is 51.5 Å². The predicted molar refractivity (Wildman–Crippen MR) is 19.2 cm³/mol. The third kappa shape index (κ3) is 10.9. The van der Waals surface area contributed by atoms with Crippen LogP contribution in [0.5, 0.6) is 0 Å². The van der Waals surface area contributed by atoms with Gasteiger partial charge in [-0.15, -0.1) is 0 Å². The maximum Gasteiger partial charge on any atom is 0.245 e. The molecule has 0 aliphatic carbocycles. The standard InChI is InChI=1S/Al.H2OSi.Zn.3H/c;1-2;;;;/h;2H2;;;;. The second kappa shape index (κ2) is 30.5. The minimum Gasteiger partial charge on any atom is -0.396 e. The molecule has 0 aromatic rings. The van der Waals surface area contributed by atoms with Crippen molar-refractivity contribution in [3.63, 3.8) is 0 Å². The van der Waals surface area contributed by atoms with Gasteiger partial charge in [0.05, 0.1) is 0 Å². The van der Waals surface area contributed by atoms with Crippen LogP contribution in [0.4, 0.5) is 0 Å². The summed E-state index contributed by atoms with van der Waals surface area (Å²) < 4.78 is 8.28. The van der Waals surface area contributed by atoms with Gasteiger partial charge in [-0.2, -0.15) is 0 Å². The molecule has 0 heterocycles. The van der Waals surface area contributed by atoms with Crippen molar-refractivity contribution in [2.75, 3.05) is 0 Å². The Bertz CT molecular complexity index is 8.00. The molecular weight excluding hydrogens is 136 g/mol. The van der Waals surface area contributed by atoms with Crippen LogP contribution in [0, 0.1) is 0 Å². The van der Waals surface area contributed by atoms with Gasteiger partial charge in [-0.25, -0.2) is 0 Å². The smallest absolute Gasteiger partial charge is 0.245 e. The van der Waals surface area contributed by atoms with Crippen LogP contribution in [0.1, 0.15) is 0 Å². The zero-order chi connectivity index (χ0) is 2.00. The third-order valence-corrected chi connectivity index (χ3v) is 0. The van der Waals surface area contributed by atoms with Crippen LogP contribution >= 0.6 is 0 Å².